The Hall–Kier alpha value is -2.55. The van der Waals surface area contributed by atoms with E-state index in [1.165, 1.54) is 5.56 Å². The topological polar surface area (TPSA) is 38.3 Å². The van der Waals surface area contributed by atoms with Crippen LogP contribution in [0.5, 0.6) is 5.75 Å². The van der Waals surface area contributed by atoms with Gasteiger partial charge in [-0.1, -0.05) is 51.1 Å². The molecule has 1 amide bonds. The molecule has 25 heavy (non-hydrogen) atoms. The Labute approximate surface area is 150 Å². The third-order valence-electron chi connectivity index (χ3n) is 4.14. The Balaban J connectivity index is 1.99. The van der Waals surface area contributed by atoms with E-state index in [9.17, 15) is 4.79 Å². The third kappa shape index (κ3) is 5.79. The van der Waals surface area contributed by atoms with Crippen molar-refractivity contribution in [2.75, 3.05) is 11.9 Å². The van der Waals surface area contributed by atoms with Gasteiger partial charge in [-0.25, -0.2) is 0 Å². The zero-order valence-corrected chi connectivity index (χ0v) is 15.3. The fourth-order valence-electron chi connectivity index (χ4n) is 2.50. The second-order valence-electron chi connectivity index (χ2n) is 6.14. The highest BCUT2D eigenvalue weighted by atomic mass is 16.5. The summed E-state index contributed by atoms with van der Waals surface area (Å²) >= 11 is 0. The lowest BCUT2D eigenvalue weighted by atomic mass is 9.97. The molecule has 2 rings (SSSR count). The maximum Gasteiger partial charge on any atom is 0.248 e. The Kier molecular flexibility index (Phi) is 7.27. The summed E-state index contributed by atoms with van der Waals surface area (Å²) in [6.45, 7) is 7.11. The van der Waals surface area contributed by atoms with Gasteiger partial charge < -0.3 is 10.1 Å². The summed E-state index contributed by atoms with van der Waals surface area (Å²) in [4.78, 5) is 12.2. The first kappa shape index (κ1) is 18.8. The number of anilines is 1. The van der Waals surface area contributed by atoms with E-state index in [0.717, 1.165) is 29.8 Å². The Bertz CT molecular complexity index is 704. The molecular formula is C22H27NO2. The SMILES string of the molecule is CCCOc1ccc(/C=C/C(=O)Nc2ccccc2C(C)CC)cc1. The van der Waals surface area contributed by atoms with Gasteiger partial charge in [-0.05, 0) is 54.2 Å². The highest BCUT2D eigenvalue weighted by molar-refractivity contribution is 6.02. The second kappa shape index (κ2) is 9.67. The molecule has 1 N–H and O–H groups in total. The van der Waals surface area contributed by atoms with Gasteiger partial charge in [0.1, 0.15) is 5.75 Å². The molecule has 2 aromatic carbocycles. The van der Waals surface area contributed by atoms with Gasteiger partial charge in [0.15, 0.2) is 0 Å². The standard InChI is InChI=1S/C22H27NO2/c1-4-16-25-19-13-10-18(11-14-19)12-15-22(24)23-21-9-7-6-8-20(21)17(3)5-2/h6-15,17H,4-5,16H2,1-3H3,(H,23,24)/b15-12+. The van der Waals surface area contributed by atoms with E-state index in [4.69, 9.17) is 4.74 Å². The van der Waals surface area contributed by atoms with Crippen LogP contribution < -0.4 is 10.1 Å². The van der Waals surface area contributed by atoms with Gasteiger partial charge >= 0.3 is 0 Å². The van der Waals surface area contributed by atoms with Crippen molar-refractivity contribution in [3.63, 3.8) is 0 Å². The summed E-state index contributed by atoms with van der Waals surface area (Å²) in [5.74, 6) is 1.14. The van der Waals surface area contributed by atoms with Crippen molar-refractivity contribution in [3.05, 3.63) is 65.7 Å². The number of hydrogen-bond acceptors (Lipinski definition) is 2. The molecule has 0 saturated heterocycles. The molecule has 0 fully saturated rings. The van der Waals surface area contributed by atoms with Gasteiger partial charge in [0.2, 0.25) is 5.91 Å². The minimum atomic E-state index is -0.123. The lowest BCUT2D eigenvalue weighted by Gasteiger charge is -2.14. The van der Waals surface area contributed by atoms with Gasteiger partial charge in [-0.2, -0.15) is 0 Å². The van der Waals surface area contributed by atoms with Crippen LogP contribution >= 0.6 is 0 Å². The number of rotatable bonds is 8. The van der Waals surface area contributed by atoms with Gasteiger partial charge in [-0.3, -0.25) is 4.79 Å². The van der Waals surface area contributed by atoms with Crippen molar-refractivity contribution in [1.82, 2.24) is 0 Å². The molecule has 0 aromatic heterocycles. The number of ether oxygens (including phenoxy) is 1. The Morgan fingerprint density at radius 2 is 1.84 bits per heavy atom. The molecule has 3 nitrogen and oxygen atoms in total. The predicted octanol–water partition coefficient (Wildman–Crippen LogP) is 5.64. The molecule has 0 spiro atoms. The predicted molar refractivity (Wildman–Crippen MR) is 105 cm³/mol. The summed E-state index contributed by atoms with van der Waals surface area (Å²) in [5, 5.41) is 2.98. The number of benzene rings is 2. The van der Waals surface area contributed by atoms with Crippen LogP contribution in [-0.2, 0) is 4.79 Å². The average molecular weight is 337 g/mol. The first-order valence-corrected chi connectivity index (χ1v) is 8.94. The molecule has 0 saturated carbocycles. The van der Waals surface area contributed by atoms with E-state index in [1.807, 2.05) is 48.5 Å². The monoisotopic (exact) mass is 337 g/mol. The Morgan fingerprint density at radius 1 is 1.12 bits per heavy atom. The molecule has 0 aliphatic rings. The first-order valence-electron chi connectivity index (χ1n) is 8.94. The van der Waals surface area contributed by atoms with Crippen molar-refractivity contribution < 1.29 is 9.53 Å². The van der Waals surface area contributed by atoms with Gasteiger partial charge in [0.25, 0.3) is 0 Å². The van der Waals surface area contributed by atoms with Crippen LogP contribution in [0.1, 0.15) is 50.7 Å². The quantitative estimate of drug-likeness (QED) is 0.633. The van der Waals surface area contributed by atoms with Crippen molar-refractivity contribution >= 4 is 17.7 Å². The van der Waals surface area contributed by atoms with Crippen molar-refractivity contribution in [2.45, 2.75) is 39.5 Å². The van der Waals surface area contributed by atoms with Crippen LogP contribution in [0.15, 0.2) is 54.6 Å². The minimum absolute atomic E-state index is 0.123. The van der Waals surface area contributed by atoms with E-state index >= 15 is 0 Å². The molecule has 0 radical (unpaired) electrons. The lowest BCUT2D eigenvalue weighted by Crippen LogP contribution is -2.10. The van der Waals surface area contributed by atoms with Gasteiger partial charge in [0.05, 0.1) is 6.61 Å². The minimum Gasteiger partial charge on any atom is -0.494 e. The maximum absolute atomic E-state index is 12.2. The summed E-state index contributed by atoms with van der Waals surface area (Å²) in [6.07, 6.45) is 5.40. The van der Waals surface area contributed by atoms with E-state index < -0.39 is 0 Å². The fraction of sp³-hybridized carbons (Fsp3) is 0.318. The number of carbonyl (C=O) groups is 1. The number of nitrogens with one attached hydrogen (secondary N) is 1. The molecule has 1 atom stereocenters. The first-order chi connectivity index (χ1) is 12.1. The summed E-state index contributed by atoms with van der Waals surface area (Å²) in [5.41, 5.74) is 3.02. The van der Waals surface area contributed by atoms with E-state index in [0.29, 0.717) is 12.5 Å². The molecule has 0 aliphatic heterocycles. The smallest absolute Gasteiger partial charge is 0.248 e. The van der Waals surface area contributed by atoms with Gasteiger partial charge in [0, 0.05) is 11.8 Å². The molecule has 0 bridgehead atoms. The van der Waals surface area contributed by atoms with E-state index in [2.05, 4.69) is 32.2 Å². The number of carbonyl (C=O) groups excluding carboxylic acids is 1. The molecule has 3 heteroatoms. The second-order valence-corrected chi connectivity index (χ2v) is 6.14. The van der Waals surface area contributed by atoms with Crippen molar-refractivity contribution in [3.8, 4) is 5.75 Å². The lowest BCUT2D eigenvalue weighted by molar-refractivity contribution is -0.111. The largest absolute Gasteiger partial charge is 0.494 e. The highest BCUT2D eigenvalue weighted by Crippen LogP contribution is 2.26. The average Bonchev–Trinajstić information content (AvgIpc) is 2.65. The highest BCUT2D eigenvalue weighted by Gasteiger charge is 2.09. The van der Waals surface area contributed by atoms with Crippen LogP contribution in [0.2, 0.25) is 0 Å². The van der Waals surface area contributed by atoms with Crippen LogP contribution in [0, 0.1) is 0 Å². The summed E-state index contributed by atoms with van der Waals surface area (Å²) in [6, 6.07) is 15.7. The number of para-hydroxylation sites is 1. The molecule has 2 aromatic rings. The fourth-order valence-corrected chi connectivity index (χ4v) is 2.50. The molecular weight excluding hydrogens is 310 g/mol. The molecule has 0 heterocycles. The zero-order valence-electron chi connectivity index (χ0n) is 15.3. The van der Waals surface area contributed by atoms with Gasteiger partial charge in [-0.15, -0.1) is 0 Å². The maximum atomic E-state index is 12.2. The van der Waals surface area contributed by atoms with Crippen LogP contribution in [0.3, 0.4) is 0 Å². The van der Waals surface area contributed by atoms with Crippen LogP contribution in [0.4, 0.5) is 5.69 Å². The van der Waals surface area contributed by atoms with E-state index in [1.54, 1.807) is 6.08 Å². The molecule has 0 aliphatic carbocycles. The van der Waals surface area contributed by atoms with Crippen LogP contribution in [-0.4, -0.2) is 12.5 Å². The zero-order chi connectivity index (χ0) is 18.1. The van der Waals surface area contributed by atoms with Crippen molar-refractivity contribution in [1.29, 1.82) is 0 Å². The number of hydrogen-bond donors (Lipinski definition) is 1. The third-order valence-corrected chi connectivity index (χ3v) is 4.14. The Morgan fingerprint density at radius 3 is 2.52 bits per heavy atom. The van der Waals surface area contributed by atoms with E-state index in [-0.39, 0.29) is 5.91 Å². The summed E-state index contributed by atoms with van der Waals surface area (Å²) < 4.78 is 5.56. The normalized spacial score (nSPS) is 12.1. The summed E-state index contributed by atoms with van der Waals surface area (Å²) in [7, 11) is 0. The number of amides is 1. The molecule has 132 valence electrons. The molecule has 1 unspecified atom stereocenters. The van der Waals surface area contributed by atoms with Crippen LogP contribution in [0.25, 0.3) is 6.08 Å². The van der Waals surface area contributed by atoms with Crippen molar-refractivity contribution in [2.24, 2.45) is 0 Å².